The van der Waals surface area contributed by atoms with Gasteiger partial charge in [-0.05, 0) is 18.2 Å². The Balaban J connectivity index is 2.56. The van der Waals surface area contributed by atoms with Gasteiger partial charge in [-0.15, -0.1) is 0 Å². The van der Waals surface area contributed by atoms with Crippen LogP contribution in [0.5, 0.6) is 0 Å². The number of hydrogen-bond donors (Lipinski definition) is 2. The molecule has 1 aromatic rings. The van der Waals surface area contributed by atoms with Crippen LogP contribution in [0.2, 0.25) is 0 Å². The first-order chi connectivity index (χ1) is 7.24. The highest BCUT2D eigenvalue weighted by atomic mass is 15.5. The molecule has 2 N–H and O–H groups in total. The second kappa shape index (κ2) is 5.59. The number of benzene rings is 1. The molecular weight excluding hydrogens is 188 g/mol. The molecular formula is C11H14N4. The number of para-hydroxylation sites is 1. The second-order valence-corrected chi connectivity index (χ2v) is 2.86. The Labute approximate surface area is 89.4 Å². The molecule has 0 heterocycles. The lowest BCUT2D eigenvalue weighted by molar-refractivity contribution is 0.542. The molecule has 0 amide bonds. The number of guanidine groups is 1. The fourth-order valence-corrected chi connectivity index (χ4v) is 0.944. The molecule has 78 valence electrons. The minimum Gasteiger partial charge on any atom is -0.325 e. The maximum atomic E-state index is 7.68. The minimum atomic E-state index is 0.208. The summed E-state index contributed by atoms with van der Waals surface area (Å²) in [7, 11) is 1.69. The quantitative estimate of drug-likeness (QED) is 0.448. The van der Waals surface area contributed by atoms with Crippen LogP contribution in [-0.4, -0.2) is 24.2 Å². The Bertz CT molecular complexity index is 356. The molecule has 1 aromatic carbocycles. The number of nitrogens with zero attached hydrogens (tertiary/aromatic N) is 2. The third kappa shape index (κ3) is 3.64. The van der Waals surface area contributed by atoms with Gasteiger partial charge in [0.1, 0.15) is 0 Å². The van der Waals surface area contributed by atoms with Crippen molar-refractivity contribution in [2.75, 3.05) is 12.4 Å². The molecule has 0 spiro atoms. The largest absolute Gasteiger partial charge is 0.325 e. The number of rotatable bonds is 3. The van der Waals surface area contributed by atoms with Crippen LogP contribution in [0.25, 0.3) is 0 Å². The van der Waals surface area contributed by atoms with Gasteiger partial charge in [0.15, 0.2) is 0 Å². The average molecular weight is 202 g/mol. The first-order valence-electron chi connectivity index (χ1n) is 4.53. The van der Waals surface area contributed by atoms with Crippen LogP contribution in [0.3, 0.4) is 0 Å². The van der Waals surface area contributed by atoms with Crippen molar-refractivity contribution in [2.24, 2.45) is 5.10 Å². The van der Waals surface area contributed by atoms with Gasteiger partial charge in [0.05, 0.1) is 0 Å². The summed E-state index contributed by atoms with van der Waals surface area (Å²) in [5.41, 5.74) is 0.864. The van der Waals surface area contributed by atoms with Crippen LogP contribution in [0.4, 0.5) is 5.69 Å². The zero-order valence-corrected chi connectivity index (χ0v) is 8.64. The predicted molar refractivity (Wildman–Crippen MR) is 64.2 cm³/mol. The van der Waals surface area contributed by atoms with Crippen LogP contribution in [0, 0.1) is 5.41 Å². The van der Waals surface area contributed by atoms with Crippen LogP contribution >= 0.6 is 0 Å². The number of hydrazone groups is 1. The molecule has 0 aliphatic rings. The van der Waals surface area contributed by atoms with Gasteiger partial charge in [-0.2, -0.15) is 5.10 Å². The topological polar surface area (TPSA) is 51.5 Å². The van der Waals surface area contributed by atoms with Gasteiger partial charge in [0.2, 0.25) is 5.96 Å². The molecule has 0 fully saturated rings. The third-order valence-electron chi connectivity index (χ3n) is 1.71. The van der Waals surface area contributed by atoms with Gasteiger partial charge < -0.3 is 5.32 Å². The van der Waals surface area contributed by atoms with Crippen molar-refractivity contribution in [3.05, 3.63) is 43.0 Å². The van der Waals surface area contributed by atoms with Gasteiger partial charge in [-0.25, -0.2) is 5.01 Å². The van der Waals surface area contributed by atoms with E-state index in [-0.39, 0.29) is 5.96 Å². The van der Waals surface area contributed by atoms with E-state index in [2.05, 4.69) is 17.0 Å². The van der Waals surface area contributed by atoms with Gasteiger partial charge in [-0.3, -0.25) is 5.41 Å². The highest BCUT2D eigenvalue weighted by Gasteiger charge is 2.00. The maximum Gasteiger partial charge on any atom is 0.216 e. The summed E-state index contributed by atoms with van der Waals surface area (Å²) in [6.07, 6.45) is 3.09. The molecule has 4 nitrogen and oxygen atoms in total. The van der Waals surface area contributed by atoms with Crippen molar-refractivity contribution < 1.29 is 0 Å². The molecule has 0 saturated carbocycles. The molecule has 0 aliphatic heterocycles. The molecule has 0 saturated heterocycles. The Morgan fingerprint density at radius 1 is 1.47 bits per heavy atom. The summed E-state index contributed by atoms with van der Waals surface area (Å²) in [5, 5.41) is 16.0. The summed E-state index contributed by atoms with van der Waals surface area (Å²) >= 11 is 0. The number of allylic oxidation sites excluding steroid dienone is 1. The van der Waals surface area contributed by atoms with Crippen molar-refractivity contribution in [1.82, 2.24) is 5.01 Å². The Kier molecular flexibility index (Phi) is 4.09. The molecule has 0 aliphatic carbocycles. The number of hydrogen-bond acceptors (Lipinski definition) is 2. The van der Waals surface area contributed by atoms with Crippen molar-refractivity contribution in [2.45, 2.75) is 0 Å². The van der Waals surface area contributed by atoms with E-state index in [9.17, 15) is 0 Å². The number of anilines is 1. The highest BCUT2D eigenvalue weighted by Crippen LogP contribution is 2.05. The lowest BCUT2D eigenvalue weighted by Gasteiger charge is -2.14. The first-order valence-corrected chi connectivity index (χ1v) is 4.53. The summed E-state index contributed by atoms with van der Waals surface area (Å²) in [4.78, 5) is 0. The van der Waals surface area contributed by atoms with Gasteiger partial charge in [0, 0.05) is 18.9 Å². The molecule has 0 unspecified atom stereocenters. The fourth-order valence-electron chi connectivity index (χ4n) is 0.944. The SMILES string of the molecule is C=CC=NN(C)C(=N)Nc1ccccc1. The lowest BCUT2D eigenvalue weighted by Crippen LogP contribution is -2.27. The predicted octanol–water partition coefficient (Wildman–Crippen LogP) is 2.14. The van der Waals surface area contributed by atoms with Crippen LogP contribution in [-0.2, 0) is 0 Å². The summed E-state index contributed by atoms with van der Waals surface area (Å²) in [6, 6.07) is 9.51. The Morgan fingerprint density at radius 3 is 2.73 bits per heavy atom. The van der Waals surface area contributed by atoms with Gasteiger partial charge in [-0.1, -0.05) is 24.8 Å². The average Bonchev–Trinajstić information content (AvgIpc) is 2.27. The highest BCUT2D eigenvalue weighted by molar-refractivity contribution is 5.91. The zero-order chi connectivity index (χ0) is 11.1. The molecule has 4 heteroatoms. The second-order valence-electron chi connectivity index (χ2n) is 2.86. The monoisotopic (exact) mass is 202 g/mol. The van der Waals surface area contributed by atoms with E-state index < -0.39 is 0 Å². The van der Waals surface area contributed by atoms with E-state index in [0.29, 0.717) is 0 Å². The summed E-state index contributed by atoms with van der Waals surface area (Å²) in [6.45, 7) is 3.51. The third-order valence-corrected chi connectivity index (χ3v) is 1.71. The minimum absolute atomic E-state index is 0.208. The van der Waals surface area contributed by atoms with E-state index in [1.54, 1.807) is 13.1 Å². The summed E-state index contributed by atoms with van der Waals surface area (Å²) in [5.74, 6) is 0.208. The van der Waals surface area contributed by atoms with Crippen molar-refractivity contribution in [3.63, 3.8) is 0 Å². The molecule has 0 atom stereocenters. The van der Waals surface area contributed by atoms with Crippen molar-refractivity contribution in [1.29, 1.82) is 5.41 Å². The maximum absolute atomic E-state index is 7.68. The van der Waals surface area contributed by atoms with Crippen LogP contribution < -0.4 is 5.32 Å². The summed E-state index contributed by atoms with van der Waals surface area (Å²) < 4.78 is 0. The molecule has 0 radical (unpaired) electrons. The molecule has 0 bridgehead atoms. The molecule has 1 rings (SSSR count). The van der Waals surface area contributed by atoms with E-state index in [1.807, 2.05) is 30.3 Å². The van der Waals surface area contributed by atoms with E-state index >= 15 is 0 Å². The van der Waals surface area contributed by atoms with Crippen molar-refractivity contribution >= 4 is 17.9 Å². The number of nitrogens with one attached hydrogen (secondary N) is 2. The molecule has 15 heavy (non-hydrogen) atoms. The normalized spacial score (nSPS) is 9.93. The van der Waals surface area contributed by atoms with E-state index in [0.717, 1.165) is 5.69 Å². The molecule has 0 aromatic heterocycles. The first kappa shape index (κ1) is 11.0. The van der Waals surface area contributed by atoms with Crippen LogP contribution in [0.1, 0.15) is 0 Å². The fraction of sp³-hybridized carbons (Fsp3) is 0.0909. The zero-order valence-electron chi connectivity index (χ0n) is 8.64. The Hall–Kier alpha value is -2.10. The van der Waals surface area contributed by atoms with E-state index in [4.69, 9.17) is 5.41 Å². The van der Waals surface area contributed by atoms with Crippen molar-refractivity contribution in [3.8, 4) is 0 Å². The van der Waals surface area contributed by atoms with Gasteiger partial charge >= 0.3 is 0 Å². The Morgan fingerprint density at radius 2 is 2.13 bits per heavy atom. The standard InChI is InChI=1S/C11H14N4/c1-3-9-13-15(2)11(12)14-10-7-5-4-6-8-10/h3-9H,1H2,2H3,(H2,12,14). The smallest absolute Gasteiger partial charge is 0.216 e. The van der Waals surface area contributed by atoms with Gasteiger partial charge in [0.25, 0.3) is 0 Å². The van der Waals surface area contributed by atoms with E-state index in [1.165, 1.54) is 11.2 Å². The lowest BCUT2D eigenvalue weighted by atomic mass is 10.3. The van der Waals surface area contributed by atoms with Crippen LogP contribution in [0.15, 0.2) is 48.1 Å².